The Balaban J connectivity index is 1.58. The van der Waals surface area contributed by atoms with E-state index in [-0.39, 0.29) is 18.2 Å². The van der Waals surface area contributed by atoms with Gasteiger partial charge in [0.2, 0.25) is 11.8 Å². The number of hydrogen-bond donors (Lipinski definition) is 0. The highest BCUT2D eigenvalue weighted by molar-refractivity contribution is 6.04. The van der Waals surface area contributed by atoms with Gasteiger partial charge in [-0.05, 0) is 29.8 Å². The summed E-state index contributed by atoms with van der Waals surface area (Å²) in [7, 11) is 0. The Labute approximate surface area is 164 Å². The quantitative estimate of drug-likeness (QED) is 0.688. The SMILES string of the molecule is O=C1C[C@@H](C(=O)N(Cc2ccccc2)c2ccccn2)CN1c1ccccc1. The van der Waals surface area contributed by atoms with Crippen LogP contribution in [0.25, 0.3) is 0 Å². The van der Waals surface area contributed by atoms with E-state index in [4.69, 9.17) is 0 Å². The van der Waals surface area contributed by atoms with E-state index in [0.29, 0.717) is 18.9 Å². The molecule has 2 heterocycles. The molecule has 1 fully saturated rings. The molecule has 0 bridgehead atoms. The Hall–Kier alpha value is -3.47. The number of pyridine rings is 1. The average Bonchev–Trinajstić information content (AvgIpc) is 3.15. The number of carbonyl (C=O) groups excluding carboxylic acids is 2. The van der Waals surface area contributed by atoms with Gasteiger partial charge in [-0.2, -0.15) is 0 Å². The zero-order valence-corrected chi connectivity index (χ0v) is 15.4. The highest BCUT2D eigenvalue weighted by Crippen LogP contribution is 2.28. The van der Waals surface area contributed by atoms with Crippen LogP contribution < -0.4 is 9.80 Å². The van der Waals surface area contributed by atoms with Gasteiger partial charge in [-0.1, -0.05) is 54.6 Å². The van der Waals surface area contributed by atoms with E-state index in [9.17, 15) is 9.59 Å². The minimum atomic E-state index is -0.390. The Kier molecular flexibility index (Phi) is 5.15. The van der Waals surface area contributed by atoms with Gasteiger partial charge in [0.1, 0.15) is 5.82 Å². The minimum absolute atomic E-state index is 0.0229. The van der Waals surface area contributed by atoms with Gasteiger partial charge < -0.3 is 4.90 Å². The smallest absolute Gasteiger partial charge is 0.233 e. The summed E-state index contributed by atoms with van der Waals surface area (Å²) in [6.07, 6.45) is 1.89. The highest BCUT2D eigenvalue weighted by atomic mass is 16.2. The van der Waals surface area contributed by atoms with Crippen molar-refractivity contribution in [1.82, 2.24) is 4.98 Å². The second-order valence-electron chi connectivity index (χ2n) is 6.84. The van der Waals surface area contributed by atoms with Crippen molar-refractivity contribution in [3.63, 3.8) is 0 Å². The van der Waals surface area contributed by atoms with E-state index in [1.54, 1.807) is 16.0 Å². The Morgan fingerprint density at radius 1 is 0.964 bits per heavy atom. The zero-order chi connectivity index (χ0) is 19.3. The van der Waals surface area contributed by atoms with Gasteiger partial charge in [-0.3, -0.25) is 14.5 Å². The number of aromatic nitrogens is 1. The summed E-state index contributed by atoms with van der Waals surface area (Å²) in [6, 6.07) is 24.8. The molecule has 0 radical (unpaired) electrons. The van der Waals surface area contributed by atoms with Crippen molar-refractivity contribution >= 4 is 23.3 Å². The van der Waals surface area contributed by atoms with Crippen LogP contribution in [0.4, 0.5) is 11.5 Å². The minimum Gasteiger partial charge on any atom is -0.312 e. The van der Waals surface area contributed by atoms with Gasteiger partial charge in [-0.15, -0.1) is 0 Å². The maximum atomic E-state index is 13.4. The predicted octanol–water partition coefficient (Wildman–Crippen LogP) is 3.67. The number of nitrogens with zero attached hydrogens (tertiary/aromatic N) is 3. The molecule has 1 aliphatic rings. The molecular weight excluding hydrogens is 350 g/mol. The molecule has 5 nitrogen and oxygen atoms in total. The van der Waals surface area contributed by atoms with Crippen molar-refractivity contribution in [3.05, 3.63) is 90.6 Å². The van der Waals surface area contributed by atoms with Crippen LogP contribution in [-0.4, -0.2) is 23.3 Å². The number of carbonyl (C=O) groups is 2. The van der Waals surface area contributed by atoms with Crippen LogP contribution in [0.3, 0.4) is 0 Å². The van der Waals surface area contributed by atoms with Gasteiger partial charge in [0, 0.05) is 24.8 Å². The molecule has 1 aromatic heterocycles. The summed E-state index contributed by atoms with van der Waals surface area (Å²) in [6.45, 7) is 0.812. The molecule has 0 aliphatic carbocycles. The van der Waals surface area contributed by atoms with Crippen LogP contribution >= 0.6 is 0 Å². The standard InChI is InChI=1S/C23H21N3O2/c27-22-15-19(17-25(22)20-11-5-2-6-12-20)23(28)26(21-13-7-8-14-24-21)16-18-9-3-1-4-10-18/h1-14,19H,15-17H2/t19-/m1/s1. The summed E-state index contributed by atoms with van der Waals surface area (Å²) in [4.78, 5) is 33.7. The lowest BCUT2D eigenvalue weighted by Gasteiger charge is -2.25. The van der Waals surface area contributed by atoms with Crippen molar-refractivity contribution < 1.29 is 9.59 Å². The molecule has 5 heteroatoms. The van der Waals surface area contributed by atoms with Crippen LogP contribution in [0.2, 0.25) is 0 Å². The fourth-order valence-electron chi connectivity index (χ4n) is 3.50. The van der Waals surface area contributed by atoms with Crippen LogP contribution in [0.15, 0.2) is 85.1 Å². The molecule has 2 aromatic carbocycles. The van der Waals surface area contributed by atoms with Crippen molar-refractivity contribution in [3.8, 4) is 0 Å². The fourth-order valence-corrected chi connectivity index (χ4v) is 3.50. The summed E-state index contributed by atoms with van der Waals surface area (Å²) in [5.41, 5.74) is 1.85. The van der Waals surface area contributed by atoms with Gasteiger partial charge in [-0.25, -0.2) is 4.98 Å². The van der Waals surface area contributed by atoms with Gasteiger partial charge in [0.15, 0.2) is 0 Å². The first kappa shape index (κ1) is 17.9. The summed E-state index contributed by atoms with van der Waals surface area (Å²) in [5.74, 6) is 0.111. The summed E-state index contributed by atoms with van der Waals surface area (Å²) < 4.78 is 0. The molecular formula is C23H21N3O2. The maximum Gasteiger partial charge on any atom is 0.233 e. The number of amides is 2. The molecule has 3 aromatic rings. The molecule has 4 rings (SSSR count). The third kappa shape index (κ3) is 3.78. The van der Waals surface area contributed by atoms with Gasteiger partial charge in [0.05, 0.1) is 12.5 Å². The molecule has 1 saturated heterocycles. The predicted molar refractivity (Wildman–Crippen MR) is 109 cm³/mol. The highest BCUT2D eigenvalue weighted by Gasteiger charge is 2.37. The van der Waals surface area contributed by atoms with E-state index >= 15 is 0 Å². The van der Waals surface area contributed by atoms with Gasteiger partial charge >= 0.3 is 0 Å². The van der Waals surface area contributed by atoms with Crippen molar-refractivity contribution in [2.45, 2.75) is 13.0 Å². The first-order chi connectivity index (χ1) is 13.7. The van der Waals surface area contributed by atoms with Crippen LogP contribution in [0, 0.1) is 5.92 Å². The average molecular weight is 371 g/mol. The lowest BCUT2D eigenvalue weighted by Crippen LogP contribution is -2.37. The first-order valence-electron chi connectivity index (χ1n) is 9.34. The number of benzene rings is 2. The number of hydrogen-bond acceptors (Lipinski definition) is 3. The molecule has 28 heavy (non-hydrogen) atoms. The lowest BCUT2D eigenvalue weighted by atomic mass is 10.1. The molecule has 1 atom stereocenters. The second kappa shape index (κ2) is 8.05. The Morgan fingerprint density at radius 2 is 1.64 bits per heavy atom. The number of para-hydroxylation sites is 1. The maximum absolute atomic E-state index is 13.4. The molecule has 0 saturated carbocycles. The molecule has 0 N–H and O–H groups in total. The van der Waals surface area contributed by atoms with Crippen LogP contribution in [0.1, 0.15) is 12.0 Å². The van der Waals surface area contributed by atoms with Crippen molar-refractivity contribution in [2.75, 3.05) is 16.3 Å². The molecule has 2 amide bonds. The lowest BCUT2D eigenvalue weighted by molar-refractivity contribution is -0.124. The Morgan fingerprint density at radius 3 is 2.32 bits per heavy atom. The van der Waals surface area contributed by atoms with Crippen LogP contribution in [0.5, 0.6) is 0 Å². The summed E-state index contributed by atoms with van der Waals surface area (Å²) >= 11 is 0. The third-order valence-corrected chi connectivity index (χ3v) is 4.92. The topological polar surface area (TPSA) is 53.5 Å². The first-order valence-corrected chi connectivity index (χ1v) is 9.34. The van der Waals surface area contributed by atoms with Crippen molar-refractivity contribution in [1.29, 1.82) is 0 Å². The molecule has 1 aliphatic heterocycles. The van der Waals surface area contributed by atoms with E-state index in [2.05, 4.69) is 4.98 Å². The zero-order valence-electron chi connectivity index (χ0n) is 15.4. The normalized spacial score (nSPS) is 16.2. The Bertz CT molecular complexity index is 945. The number of anilines is 2. The molecule has 0 unspecified atom stereocenters. The van der Waals surface area contributed by atoms with Crippen molar-refractivity contribution in [2.24, 2.45) is 5.92 Å². The van der Waals surface area contributed by atoms with E-state index in [0.717, 1.165) is 11.3 Å². The summed E-state index contributed by atoms with van der Waals surface area (Å²) in [5, 5.41) is 0. The molecule has 0 spiro atoms. The monoisotopic (exact) mass is 371 g/mol. The van der Waals surface area contributed by atoms with E-state index < -0.39 is 5.92 Å². The van der Waals surface area contributed by atoms with E-state index in [1.165, 1.54) is 0 Å². The number of rotatable bonds is 5. The second-order valence-corrected chi connectivity index (χ2v) is 6.84. The van der Waals surface area contributed by atoms with E-state index in [1.807, 2.05) is 78.9 Å². The third-order valence-electron chi connectivity index (χ3n) is 4.92. The largest absolute Gasteiger partial charge is 0.312 e. The molecule has 140 valence electrons. The fraction of sp³-hybridized carbons (Fsp3) is 0.174. The van der Waals surface area contributed by atoms with Crippen LogP contribution in [-0.2, 0) is 16.1 Å². The van der Waals surface area contributed by atoms with Gasteiger partial charge in [0.25, 0.3) is 0 Å².